The lowest BCUT2D eigenvalue weighted by Crippen LogP contribution is -2.16. The Kier molecular flexibility index (Phi) is 3.47. The van der Waals surface area contributed by atoms with Crippen molar-refractivity contribution in [2.75, 3.05) is 0 Å². The summed E-state index contributed by atoms with van der Waals surface area (Å²) in [4.78, 5) is 21.9. The van der Waals surface area contributed by atoms with E-state index >= 15 is 0 Å². The molecule has 0 aliphatic heterocycles. The smallest absolute Gasteiger partial charge is 0.353 e. The Balaban J connectivity index is 2.27. The third-order valence-corrected chi connectivity index (χ3v) is 3.45. The van der Waals surface area contributed by atoms with E-state index in [1.807, 2.05) is 0 Å². The summed E-state index contributed by atoms with van der Waals surface area (Å²) < 4.78 is 31.6. The second-order valence-electron chi connectivity index (χ2n) is 4.02. The first-order chi connectivity index (χ1) is 9.27. The van der Waals surface area contributed by atoms with Crippen LogP contribution in [0.2, 0.25) is 0 Å². The molecular formula is C11H10N2O6S. The van der Waals surface area contributed by atoms with E-state index in [0.717, 1.165) is 10.7 Å². The molecule has 3 N–H and O–H groups in total. The Morgan fingerprint density at radius 3 is 2.30 bits per heavy atom. The number of carboxylic acid groups (broad SMARTS) is 1. The highest BCUT2D eigenvalue weighted by Crippen LogP contribution is 2.10. The maximum absolute atomic E-state index is 11.5. The van der Waals surface area contributed by atoms with E-state index in [0.29, 0.717) is 5.56 Å². The number of hydrogen-bond acceptors (Lipinski definition) is 4. The molecule has 0 saturated heterocycles. The Morgan fingerprint density at radius 2 is 1.85 bits per heavy atom. The van der Waals surface area contributed by atoms with E-state index < -0.39 is 21.6 Å². The number of carboxylic acids is 1. The molecule has 0 spiro atoms. The Hall–Kier alpha value is -2.39. The monoisotopic (exact) mass is 298 g/mol. The molecule has 0 atom stereocenters. The molecule has 0 saturated carbocycles. The van der Waals surface area contributed by atoms with Gasteiger partial charge in [-0.15, -0.1) is 0 Å². The van der Waals surface area contributed by atoms with Gasteiger partial charge in [-0.3, -0.25) is 14.4 Å². The Labute approximate surface area is 113 Å². The molecule has 8 nitrogen and oxygen atoms in total. The fraction of sp³-hybridized carbons (Fsp3) is 0.0909. The molecule has 0 radical (unpaired) electrons. The predicted molar refractivity (Wildman–Crippen MR) is 67.4 cm³/mol. The van der Waals surface area contributed by atoms with Gasteiger partial charge < -0.3 is 5.11 Å². The molecule has 1 aromatic carbocycles. The number of hydrogen-bond donors (Lipinski definition) is 3. The van der Waals surface area contributed by atoms with E-state index in [9.17, 15) is 18.0 Å². The van der Waals surface area contributed by atoms with Crippen LogP contribution in [0.3, 0.4) is 0 Å². The molecule has 0 unspecified atom stereocenters. The molecule has 0 aliphatic carbocycles. The summed E-state index contributed by atoms with van der Waals surface area (Å²) in [6.07, 6.45) is 0. The summed E-state index contributed by atoms with van der Waals surface area (Å²) in [7, 11) is -4.26. The van der Waals surface area contributed by atoms with Crippen molar-refractivity contribution in [1.29, 1.82) is 0 Å². The average molecular weight is 298 g/mol. The number of nitrogens with zero attached hydrogens (tertiary/aromatic N) is 1. The number of aromatic amines is 1. The number of H-pyrrole nitrogens is 1. The van der Waals surface area contributed by atoms with E-state index in [4.69, 9.17) is 9.66 Å². The molecule has 0 amide bonds. The lowest BCUT2D eigenvalue weighted by Gasteiger charge is -2.03. The third kappa shape index (κ3) is 2.95. The topological polar surface area (TPSA) is 129 Å². The molecule has 9 heteroatoms. The number of aromatic nitrogens is 2. The van der Waals surface area contributed by atoms with E-state index in [2.05, 4.69) is 5.10 Å². The van der Waals surface area contributed by atoms with Gasteiger partial charge in [0.2, 0.25) is 0 Å². The van der Waals surface area contributed by atoms with Crippen LogP contribution in [0.1, 0.15) is 16.1 Å². The van der Waals surface area contributed by atoms with Gasteiger partial charge in [-0.1, -0.05) is 12.1 Å². The first kappa shape index (κ1) is 14.0. The zero-order chi connectivity index (χ0) is 14.9. The van der Waals surface area contributed by atoms with Crippen LogP contribution in [0.15, 0.2) is 40.0 Å². The van der Waals surface area contributed by atoms with Gasteiger partial charge in [-0.05, 0) is 17.7 Å². The van der Waals surface area contributed by atoms with Gasteiger partial charge in [0.25, 0.3) is 15.7 Å². The van der Waals surface area contributed by atoms with Gasteiger partial charge in [0.1, 0.15) is 5.69 Å². The highest BCUT2D eigenvalue weighted by atomic mass is 32.2. The quantitative estimate of drug-likeness (QED) is 0.690. The summed E-state index contributed by atoms with van der Waals surface area (Å²) >= 11 is 0. The normalized spacial score (nSPS) is 11.4. The fourth-order valence-electron chi connectivity index (χ4n) is 1.61. The van der Waals surface area contributed by atoms with Crippen molar-refractivity contribution in [3.05, 3.63) is 51.9 Å². The summed E-state index contributed by atoms with van der Waals surface area (Å²) in [5.41, 5.74) is -0.177. The summed E-state index contributed by atoms with van der Waals surface area (Å²) in [5, 5.41) is 11.1. The molecule has 1 aromatic heterocycles. The average Bonchev–Trinajstić information content (AvgIpc) is 2.71. The minimum atomic E-state index is -4.26. The number of nitrogens with one attached hydrogen (secondary N) is 1. The largest absolute Gasteiger partial charge is 0.477 e. The van der Waals surface area contributed by atoms with E-state index in [1.165, 1.54) is 24.3 Å². The molecule has 2 aromatic rings. The fourth-order valence-corrected chi connectivity index (χ4v) is 2.09. The molecule has 20 heavy (non-hydrogen) atoms. The SMILES string of the molecule is O=C(O)c1cc(=O)n(Cc2ccc(S(=O)(=O)O)cc2)[nH]1. The maximum atomic E-state index is 11.5. The van der Waals surface area contributed by atoms with Crippen LogP contribution in [-0.4, -0.2) is 33.8 Å². The van der Waals surface area contributed by atoms with Crippen molar-refractivity contribution in [1.82, 2.24) is 9.78 Å². The highest BCUT2D eigenvalue weighted by molar-refractivity contribution is 7.85. The standard InChI is InChI=1S/C11H10N2O6S/c14-10-5-9(11(15)16)12-13(10)6-7-1-3-8(4-2-7)20(17,18)19/h1-5,12H,6H2,(H,15,16)(H,17,18,19). The molecular weight excluding hydrogens is 288 g/mol. The third-order valence-electron chi connectivity index (χ3n) is 2.58. The predicted octanol–water partition coefficient (Wildman–Crippen LogP) is 0.170. The number of rotatable bonds is 4. The van der Waals surface area contributed by atoms with E-state index in [-0.39, 0.29) is 17.1 Å². The lowest BCUT2D eigenvalue weighted by molar-refractivity contribution is 0.0689. The summed E-state index contributed by atoms with van der Waals surface area (Å²) in [6.45, 7) is 0.0534. The van der Waals surface area contributed by atoms with Crippen LogP contribution in [0.4, 0.5) is 0 Å². The first-order valence-electron chi connectivity index (χ1n) is 5.37. The molecule has 0 aliphatic rings. The van der Waals surface area contributed by atoms with Gasteiger partial charge in [0.05, 0.1) is 11.4 Å². The highest BCUT2D eigenvalue weighted by Gasteiger charge is 2.11. The van der Waals surface area contributed by atoms with Crippen molar-refractivity contribution in [2.24, 2.45) is 0 Å². The van der Waals surface area contributed by atoms with Crippen LogP contribution in [0, 0.1) is 0 Å². The van der Waals surface area contributed by atoms with Crippen molar-refractivity contribution in [2.45, 2.75) is 11.4 Å². The van der Waals surface area contributed by atoms with Gasteiger partial charge in [-0.2, -0.15) is 8.42 Å². The van der Waals surface area contributed by atoms with Gasteiger partial charge in [0, 0.05) is 6.07 Å². The summed E-state index contributed by atoms with van der Waals surface area (Å²) in [5.74, 6) is -1.25. The minimum absolute atomic E-state index is 0.0534. The van der Waals surface area contributed by atoms with Crippen LogP contribution < -0.4 is 5.56 Å². The van der Waals surface area contributed by atoms with E-state index in [1.54, 1.807) is 0 Å². The van der Waals surface area contributed by atoms with Crippen LogP contribution in [0.5, 0.6) is 0 Å². The van der Waals surface area contributed by atoms with Gasteiger partial charge >= 0.3 is 5.97 Å². The van der Waals surface area contributed by atoms with Crippen molar-refractivity contribution in [3.8, 4) is 0 Å². The molecule has 1 heterocycles. The van der Waals surface area contributed by atoms with Crippen molar-refractivity contribution in [3.63, 3.8) is 0 Å². The number of aromatic carboxylic acids is 1. The Morgan fingerprint density at radius 1 is 1.25 bits per heavy atom. The molecule has 0 fully saturated rings. The van der Waals surface area contributed by atoms with Gasteiger partial charge in [0.15, 0.2) is 0 Å². The number of benzene rings is 1. The van der Waals surface area contributed by atoms with Crippen LogP contribution >= 0.6 is 0 Å². The van der Waals surface area contributed by atoms with Crippen LogP contribution in [-0.2, 0) is 16.7 Å². The van der Waals surface area contributed by atoms with Crippen molar-refractivity contribution >= 4 is 16.1 Å². The van der Waals surface area contributed by atoms with Crippen molar-refractivity contribution < 1.29 is 22.9 Å². The zero-order valence-electron chi connectivity index (χ0n) is 9.98. The maximum Gasteiger partial charge on any atom is 0.353 e. The summed E-state index contributed by atoms with van der Waals surface area (Å²) in [6, 6.07) is 6.16. The first-order valence-corrected chi connectivity index (χ1v) is 6.81. The molecule has 0 bridgehead atoms. The van der Waals surface area contributed by atoms with Crippen LogP contribution in [0.25, 0.3) is 0 Å². The molecule has 106 valence electrons. The second-order valence-corrected chi connectivity index (χ2v) is 5.44. The zero-order valence-corrected chi connectivity index (χ0v) is 10.8. The number of carbonyl (C=O) groups is 1. The second kappa shape index (κ2) is 4.94. The van der Waals surface area contributed by atoms with Gasteiger partial charge in [-0.25, -0.2) is 9.48 Å². The Bertz CT molecular complexity index is 800. The lowest BCUT2D eigenvalue weighted by atomic mass is 10.2. The minimum Gasteiger partial charge on any atom is -0.477 e. The molecule has 2 rings (SSSR count).